The highest BCUT2D eigenvalue weighted by Crippen LogP contribution is 2.28. The van der Waals surface area contributed by atoms with Gasteiger partial charge in [0.25, 0.3) is 5.91 Å². The molecule has 0 spiro atoms. The molecule has 2 atom stereocenters. The minimum absolute atomic E-state index is 0.215. The van der Waals surface area contributed by atoms with Gasteiger partial charge < -0.3 is 15.2 Å². The highest BCUT2D eigenvalue weighted by Gasteiger charge is 2.25. The van der Waals surface area contributed by atoms with Crippen LogP contribution in [0.2, 0.25) is 0 Å². The molecule has 1 heterocycles. The first-order valence-electron chi connectivity index (χ1n) is 8.54. The quantitative estimate of drug-likeness (QED) is 0.596. The number of nitrogens with two attached hydrogens (primary N) is 1. The molecule has 6 heteroatoms. The molecular weight excluding hydrogens is 350 g/mol. The molecule has 1 saturated heterocycles. The summed E-state index contributed by atoms with van der Waals surface area (Å²) in [6.07, 6.45) is 1.22. The van der Waals surface area contributed by atoms with Crippen LogP contribution in [0.5, 0.6) is 0 Å². The summed E-state index contributed by atoms with van der Waals surface area (Å²) in [7, 11) is 0. The average Bonchev–Trinajstić information content (AvgIpc) is 3.18. The maximum atomic E-state index is 12.7. The molecule has 1 aliphatic rings. The van der Waals surface area contributed by atoms with Crippen LogP contribution in [0.1, 0.15) is 34.9 Å². The van der Waals surface area contributed by atoms with Gasteiger partial charge in [0.15, 0.2) is 0 Å². The Morgan fingerprint density at radius 1 is 1.15 bits per heavy atom. The fraction of sp³-hybridized carbons (Fsp3) is 0.300. The lowest BCUT2D eigenvalue weighted by atomic mass is 10.1. The number of primary amides is 1. The lowest BCUT2D eigenvalue weighted by molar-refractivity contribution is -0.127. The van der Waals surface area contributed by atoms with Crippen LogP contribution in [0.25, 0.3) is 0 Å². The van der Waals surface area contributed by atoms with E-state index in [1.807, 2.05) is 18.2 Å². The SMILES string of the molecule is NC(=O)[C@@H](OC(=O)c1ccccc1SC[C@H]1CCCO1)c1ccccc1. The Bertz CT molecular complexity index is 759. The van der Waals surface area contributed by atoms with Crippen LogP contribution in [0, 0.1) is 0 Å². The molecule has 2 aromatic carbocycles. The Labute approximate surface area is 156 Å². The maximum Gasteiger partial charge on any atom is 0.340 e. The van der Waals surface area contributed by atoms with Gasteiger partial charge in [-0.3, -0.25) is 4.79 Å². The fourth-order valence-corrected chi connectivity index (χ4v) is 3.92. The molecule has 1 amide bonds. The largest absolute Gasteiger partial charge is 0.444 e. The molecule has 0 bridgehead atoms. The van der Waals surface area contributed by atoms with E-state index in [9.17, 15) is 9.59 Å². The third-order valence-electron chi connectivity index (χ3n) is 4.14. The number of carbonyl (C=O) groups is 2. The fourth-order valence-electron chi connectivity index (χ4n) is 2.81. The lowest BCUT2D eigenvalue weighted by Gasteiger charge is -2.17. The number of esters is 1. The third kappa shape index (κ3) is 4.65. The van der Waals surface area contributed by atoms with Crippen LogP contribution in [0.4, 0.5) is 0 Å². The summed E-state index contributed by atoms with van der Waals surface area (Å²) in [5.41, 5.74) is 6.42. The normalized spacial score (nSPS) is 17.6. The van der Waals surface area contributed by atoms with E-state index in [2.05, 4.69) is 0 Å². The molecule has 0 aliphatic carbocycles. The third-order valence-corrected chi connectivity index (χ3v) is 5.35. The second-order valence-corrected chi connectivity index (χ2v) is 7.10. The Kier molecular flexibility index (Phi) is 6.30. The van der Waals surface area contributed by atoms with Gasteiger partial charge in [0.05, 0.1) is 11.7 Å². The van der Waals surface area contributed by atoms with Gasteiger partial charge in [-0.25, -0.2) is 4.79 Å². The van der Waals surface area contributed by atoms with Crippen molar-refractivity contribution in [3.05, 3.63) is 65.7 Å². The first-order valence-corrected chi connectivity index (χ1v) is 9.52. The monoisotopic (exact) mass is 371 g/mol. The number of hydrogen-bond acceptors (Lipinski definition) is 5. The van der Waals surface area contributed by atoms with Gasteiger partial charge in [-0.1, -0.05) is 42.5 Å². The standard InChI is InChI=1S/C20H21NO4S/c21-19(22)18(14-7-2-1-3-8-14)25-20(23)16-10-4-5-11-17(16)26-13-15-9-6-12-24-15/h1-5,7-8,10-11,15,18H,6,9,12-13H2,(H2,21,22)/t15-,18+/m1/s1. The van der Waals surface area contributed by atoms with E-state index >= 15 is 0 Å². The van der Waals surface area contributed by atoms with Gasteiger partial charge in [-0.15, -0.1) is 11.8 Å². The molecule has 5 nitrogen and oxygen atoms in total. The van der Waals surface area contributed by atoms with Crippen molar-refractivity contribution in [2.75, 3.05) is 12.4 Å². The van der Waals surface area contributed by atoms with Gasteiger partial charge in [0.1, 0.15) is 0 Å². The molecule has 26 heavy (non-hydrogen) atoms. The number of carbonyl (C=O) groups excluding carboxylic acids is 2. The lowest BCUT2D eigenvalue weighted by Crippen LogP contribution is -2.26. The molecule has 0 saturated carbocycles. The Hall–Kier alpha value is -2.31. The van der Waals surface area contributed by atoms with E-state index in [0.29, 0.717) is 11.1 Å². The highest BCUT2D eigenvalue weighted by molar-refractivity contribution is 7.99. The van der Waals surface area contributed by atoms with Crippen LogP contribution in [0.15, 0.2) is 59.5 Å². The van der Waals surface area contributed by atoms with Crippen molar-refractivity contribution in [2.45, 2.75) is 29.9 Å². The van der Waals surface area contributed by atoms with Crippen molar-refractivity contribution in [3.63, 3.8) is 0 Å². The predicted molar refractivity (Wildman–Crippen MR) is 99.9 cm³/mol. The number of ether oxygens (including phenoxy) is 2. The smallest absolute Gasteiger partial charge is 0.340 e. The topological polar surface area (TPSA) is 78.6 Å². The summed E-state index contributed by atoms with van der Waals surface area (Å²) in [5.74, 6) is -0.482. The number of thioether (sulfide) groups is 1. The highest BCUT2D eigenvalue weighted by atomic mass is 32.2. The van der Waals surface area contributed by atoms with Crippen LogP contribution >= 0.6 is 11.8 Å². The van der Waals surface area contributed by atoms with Gasteiger partial charge in [-0.05, 0) is 25.0 Å². The number of rotatable bonds is 7. The van der Waals surface area contributed by atoms with E-state index < -0.39 is 18.0 Å². The minimum atomic E-state index is -1.11. The number of hydrogen-bond donors (Lipinski definition) is 1. The Morgan fingerprint density at radius 2 is 1.88 bits per heavy atom. The van der Waals surface area contributed by atoms with E-state index in [1.54, 1.807) is 48.2 Å². The van der Waals surface area contributed by atoms with Crippen molar-refractivity contribution >= 4 is 23.6 Å². The average molecular weight is 371 g/mol. The second-order valence-electron chi connectivity index (χ2n) is 6.04. The molecule has 1 fully saturated rings. The Morgan fingerprint density at radius 3 is 2.58 bits per heavy atom. The van der Waals surface area contributed by atoms with Crippen LogP contribution in [-0.4, -0.2) is 30.3 Å². The van der Waals surface area contributed by atoms with E-state index in [4.69, 9.17) is 15.2 Å². The van der Waals surface area contributed by atoms with Crippen molar-refractivity contribution in [1.29, 1.82) is 0 Å². The molecule has 3 rings (SSSR count). The zero-order valence-corrected chi connectivity index (χ0v) is 15.1. The summed E-state index contributed by atoms with van der Waals surface area (Å²) in [6, 6.07) is 16.0. The first kappa shape index (κ1) is 18.5. The van der Waals surface area contributed by atoms with Gasteiger partial charge in [0.2, 0.25) is 6.10 Å². The molecule has 1 aliphatic heterocycles. The zero-order chi connectivity index (χ0) is 18.4. The van der Waals surface area contributed by atoms with Crippen LogP contribution in [-0.2, 0) is 14.3 Å². The van der Waals surface area contributed by atoms with Crippen molar-refractivity contribution < 1.29 is 19.1 Å². The molecule has 0 aromatic heterocycles. The molecular formula is C20H21NO4S. The van der Waals surface area contributed by atoms with Gasteiger partial charge in [-0.2, -0.15) is 0 Å². The van der Waals surface area contributed by atoms with E-state index in [-0.39, 0.29) is 6.10 Å². The molecule has 0 unspecified atom stereocenters. The van der Waals surface area contributed by atoms with Gasteiger partial charge >= 0.3 is 5.97 Å². The van der Waals surface area contributed by atoms with Gasteiger partial charge in [0, 0.05) is 22.8 Å². The minimum Gasteiger partial charge on any atom is -0.444 e. The van der Waals surface area contributed by atoms with Crippen molar-refractivity contribution in [2.24, 2.45) is 5.73 Å². The van der Waals surface area contributed by atoms with Crippen molar-refractivity contribution in [3.8, 4) is 0 Å². The molecule has 136 valence electrons. The molecule has 2 aromatic rings. The summed E-state index contributed by atoms with van der Waals surface area (Å²) in [6.45, 7) is 0.798. The summed E-state index contributed by atoms with van der Waals surface area (Å²) in [4.78, 5) is 25.3. The predicted octanol–water partition coefficient (Wildman–Crippen LogP) is 3.34. The maximum absolute atomic E-state index is 12.7. The number of amides is 1. The summed E-state index contributed by atoms with van der Waals surface area (Å²) in [5, 5.41) is 0. The second kappa shape index (κ2) is 8.87. The van der Waals surface area contributed by atoms with Crippen molar-refractivity contribution in [1.82, 2.24) is 0 Å². The first-order chi connectivity index (χ1) is 12.6. The van der Waals surface area contributed by atoms with Crippen LogP contribution in [0.3, 0.4) is 0 Å². The van der Waals surface area contributed by atoms with Crippen LogP contribution < -0.4 is 5.73 Å². The molecule has 0 radical (unpaired) electrons. The molecule has 2 N–H and O–H groups in total. The summed E-state index contributed by atoms with van der Waals surface area (Å²) < 4.78 is 11.1. The summed E-state index contributed by atoms with van der Waals surface area (Å²) >= 11 is 1.56. The van der Waals surface area contributed by atoms with E-state index in [1.165, 1.54) is 0 Å². The van der Waals surface area contributed by atoms with E-state index in [0.717, 1.165) is 30.1 Å². The zero-order valence-electron chi connectivity index (χ0n) is 14.3. The Balaban J connectivity index is 1.73. The number of benzene rings is 2.